The number of ether oxygens (including phenoxy) is 2. The van der Waals surface area contributed by atoms with Crippen molar-refractivity contribution in [2.24, 2.45) is 0 Å². The van der Waals surface area contributed by atoms with Gasteiger partial charge in [-0.3, -0.25) is 0 Å². The lowest BCUT2D eigenvalue weighted by Crippen LogP contribution is -2.33. The number of aromatic nitrogens is 2. The first-order valence-corrected chi connectivity index (χ1v) is 11.9. The monoisotopic (exact) mass is 498 g/mol. The Labute approximate surface area is 205 Å². The van der Waals surface area contributed by atoms with Gasteiger partial charge in [-0.25, -0.2) is 9.48 Å². The Morgan fingerprint density at radius 2 is 1.97 bits per heavy atom. The second kappa shape index (κ2) is 11.4. The van der Waals surface area contributed by atoms with Crippen LogP contribution in [0.15, 0.2) is 18.3 Å². The van der Waals surface area contributed by atoms with Gasteiger partial charge in [-0.1, -0.05) is 23.2 Å². The van der Waals surface area contributed by atoms with Crippen molar-refractivity contribution in [2.75, 3.05) is 33.8 Å². The van der Waals surface area contributed by atoms with Crippen LogP contribution >= 0.6 is 23.2 Å². The van der Waals surface area contributed by atoms with Crippen LogP contribution in [-0.4, -0.2) is 70.7 Å². The van der Waals surface area contributed by atoms with Crippen LogP contribution in [-0.2, 0) is 11.3 Å². The maximum Gasteiger partial charge on any atom is 0.407 e. The number of hydrogen-bond acceptors (Lipinski definition) is 5. The molecule has 1 amide bonds. The third-order valence-electron chi connectivity index (χ3n) is 5.47. The van der Waals surface area contributed by atoms with Gasteiger partial charge in [0.2, 0.25) is 0 Å². The van der Waals surface area contributed by atoms with Crippen molar-refractivity contribution in [3.63, 3.8) is 0 Å². The summed E-state index contributed by atoms with van der Waals surface area (Å²) < 4.78 is 13.6. The van der Waals surface area contributed by atoms with Crippen molar-refractivity contribution >= 4 is 29.3 Å². The fourth-order valence-corrected chi connectivity index (χ4v) is 4.28. The van der Waals surface area contributed by atoms with Crippen molar-refractivity contribution in [3.05, 3.63) is 33.9 Å². The summed E-state index contributed by atoms with van der Waals surface area (Å²) in [4.78, 5) is 14.4. The third kappa shape index (κ3) is 6.76. The normalized spacial score (nSPS) is 16.4. The fourth-order valence-electron chi connectivity index (χ4n) is 3.70. The van der Waals surface area contributed by atoms with Crippen molar-refractivity contribution in [2.45, 2.75) is 52.0 Å². The van der Waals surface area contributed by atoms with Crippen LogP contribution in [0.2, 0.25) is 10.0 Å². The van der Waals surface area contributed by atoms with Crippen LogP contribution in [0.3, 0.4) is 0 Å². The summed E-state index contributed by atoms with van der Waals surface area (Å²) in [6, 6.07) is 3.64. The maximum atomic E-state index is 11.1. The van der Waals surface area contributed by atoms with Crippen molar-refractivity contribution < 1.29 is 19.4 Å². The number of rotatable bonds is 9. The Morgan fingerprint density at radius 3 is 2.55 bits per heavy atom. The topological polar surface area (TPSA) is 80.1 Å². The summed E-state index contributed by atoms with van der Waals surface area (Å²) >= 11 is 13.0. The summed E-state index contributed by atoms with van der Waals surface area (Å²) in [5, 5.41) is 14.8. The molecule has 33 heavy (non-hydrogen) atoms. The molecule has 1 aliphatic rings. The predicted molar refractivity (Wildman–Crippen MR) is 129 cm³/mol. The maximum absolute atomic E-state index is 11.1. The molecule has 1 aromatic heterocycles. The summed E-state index contributed by atoms with van der Waals surface area (Å²) in [7, 11) is 3.51. The Kier molecular flexibility index (Phi) is 8.87. The minimum atomic E-state index is -0.945. The zero-order valence-corrected chi connectivity index (χ0v) is 21.1. The van der Waals surface area contributed by atoms with Crippen molar-refractivity contribution in [1.82, 2.24) is 19.6 Å². The highest BCUT2D eigenvalue weighted by molar-refractivity contribution is 6.37. The molecule has 0 radical (unpaired) electrons. The number of amides is 1. The zero-order chi connectivity index (χ0) is 24.1. The smallest absolute Gasteiger partial charge is 0.407 e. The Morgan fingerprint density at radius 1 is 1.27 bits per heavy atom. The molecule has 182 valence electrons. The van der Waals surface area contributed by atoms with Gasteiger partial charge < -0.3 is 24.4 Å². The highest BCUT2D eigenvalue weighted by Crippen LogP contribution is 2.39. The molecule has 3 rings (SSSR count). The SMILES string of the molecule is CC(C)Oc1c(Cl)cc(-c2nn(C3CCCCO3)cc2CN(C)CCN(C)C(=O)O)cc1Cl. The molecule has 8 nitrogen and oxygen atoms in total. The van der Waals surface area contributed by atoms with E-state index in [1.165, 1.54) is 4.90 Å². The number of hydrogen-bond donors (Lipinski definition) is 1. The third-order valence-corrected chi connectivity index (χ3v) is 6.03. The molecule has 2 aromatic rings. The van der Waals surface area contributed by atoms with Gasteiger partial charge in [0.15, 0.2) is 5.75 Å². The van der Waals surface area contributed by atoms with Gasteiger partial charge in [-0.2, -0.15) is 5.10 Å². The van der Waals surface area contributed by atoms with Gasteiger partial charge >= 0.3 is 6.09 Å². The van der Waals surface area contributed by atoms with Gasteiger partial charge in [0.25, 0.3) is 0 Å². The van der Waals surface area contributed by atoms with E-state index in [2.05, 4.69) is 4.90 Å². The second-order valence-corrected chi connectivity index (χ2v) is 9.50. The molecule has 0 aliphatic carbocycles. The lowest BCUT2D eigenvalue weighted by atomic mass is 10.1. The van der Waals surface area contributed by atoms with Crippen molar-refractivity contribution in [3.8, 4) is 17.0 Å². The number of halogens is 2. The molecule has 1 atom stereocenters. The number of carbonyl (C=O) groups is 1. The van der Waals surface area contributed by atoms with Gasteiger partial charge in [0.1, 0.15) is 6.23 Å². The molecule has 1 saturated heterocycles. The second-order valence-electron chi connectivity index (χ2n) is 8.68. The molecule has 10 heteroatoms. The molecule has 2 heterocycles. The highest BCUT2D eigenvalue weighted by atomic mass is 35.5. The highest BCUT2D eigenvalue weighted by Gasteiger charge is 2.22. The molecule has 0 bridgehead atoms. The Bertz CT molecular complexity index is 937. The first-order valence-electron chi connectivity index (χ1n) is 11.1. The van der Waals surface area contributed by atoms with Crippen LogP contribution in [0.4, 0.5) is 4.79 Å². The lowest BCUT2D eigenvalue weighted by Gasteiger charge is -2.22. The van der Waals surface area contributed by atoms with E-state index in [1.54, 1.807) is 7.05 Å². The van der Waals surface area contributed by atoms with Crippen molar-refractivity contribution in [1.29, 1.82) is 0 Å². The van der Waals surface area contributed by atoms with Crippen LogP contribution in [0.25, 0.3) is 11.3 Å². The van der Waals surface area contributed by atoms with Crippen LogP contribution in [0.1, 0.15) is 44.9 Å². The number of benzene rings is 1. The minimum Gasteiger partial charge on any atom is -0.488 e. The first-order chi connectivity index (χ1) is 15.7. The zero-order valence-electron chi connectivity index (χ0n) is 19.6. The van der Waals surface area contributed by atoms with E-state index in [0.717, 1.165) is 42.7 Å². The number of likely N-dealkylation sites (N-methyl/N-ethyl adjacent to an activating group) is 2. The average Bonchev–Trinajstić information content (AvgIpc) is 3.18. The van der Waals surface area contributed by atoms with Gasteiger partial charge in [0.05, 0.1) is 21.8 Å². The van der Waals surface area contributed by atoms with E-state index in [9.17, 15) is 4.79 Å². The Balaban J connectivity index is 1.90. The Hall–Kier alpha value is -2.00. The van der Waals surface area contributed by atoms with Gasteiger partial charge in [-0.15, -0.1) is 0 Å². The molecule has 0 spiro atoms. The summed E-state index contributed by atoms with van der Waals surface area (Å²) in [5.41, 5.74) is 2.54. The summed E-state index contributed by atoms with van der Waals surface area (Å²) in [6.07, 6.45) is 3.95. The molecular weight excluding hydrogens is 467 g/mol. The van der Waals surface area contributed by atoms with Gasteiger partial charge in [0, 0.05) is 50.6 Å². The molecular formula is C23H32Cl2N4O4. The van der Waals surface area contributed by atoms with E-state index in [4.69, 9.17) is 42.9 Å². The molecule has 1 unspecified atom stereocenters. The fraction of sp³-hybridized carbons (Fsp3) is 0.565. The first kappa shape index (κ1) is 25.6. The number of nitrogens with zero attached hydrogens (tertiary/aromatic N) is 4. The van der Waals surface area contributed by atoms with E-state index < -0.39 is 6.09 Å². The van der Waals surface area contributed by atoms with Gasteiger partial charge in [-0.05, 0) is 52.3 Å². The van der Waals surface area contributed by atoms with Crippen LogP contribution in [0.5, 0.6) is 5.75 Å². The quantitative estimate of drug-likeness (QED) is 0.499. The lowest BCUT2D eigenvalue weighted by molar-refractivity contribution is -0.0394. The van der Waals surface area contributed by atoms with E-state index in [1.807, 2.05) is 43.9 Å². The molecule has 0 saturated carbocycles. The molecule has 1 aromatic carbocycles. The van der Waals surface area contributed by atoms with E-state index in [0.29, 0.717) is 35.4 Å². The average molecular weight is 499 g/mol. The summed E-state index contributed by atoms with van der Waals surface area (Å²) in [6.45, 7) is 6.12. The summed E-state index contributed by atoms with van der Waals surface area (Å²) in [5.74, 6) is 0.461. The van der Waals surface area contributed by atoms with E-state index >= 15 is 0 Å². The van der Waals surface area contributed by atoms with E-state index in [-0.39, 0.29) is 12.3 Å². The minimum absolute atomic E-state index is 0.0540. The standard InChI is InChI=1S/C23H32Cl2N4O4/c1-15(2)33-22-18(24)11-16(12-19(22)25)21-17(13-27(3)8-9-28(4)23(30)31)14-29(26-21)20-7-5-6-10-32-20/h11-12,14-15,20H,5-10,13H2,1-4H3,(H,30,31). The van der Waals surface area contributed by atoms with Crippen LogP contribution in [0, 0.1) is 0 Å². The molecule has 1 N–H and O–H groups in total. The number of carboxylic acid groups (broad SMARTS) is 1. The van der Waals surface area contributed by atoms with Crippen LogP contribution < -0.4 is 4.74 Å². The molecule has 1 aliphatic heterocycles. The predicted octanol–water partition coefficient (Wildman–Crippen LogP) is 5.38. The molecule has 1 fully saturated rings. The largest absolute Gasteiger partial charge is 0.488 e.